The molecule has 1 aliphatic rings. The molecule has 29 heavy (non-hydrogen) atoms. The minimum Gasteiger partial charge on any atom is -0.486 e. The highest BCUT2D eigenvalue weighted by Crippen LogP contribution is 2.31. The molecule has 0 atom stereocenters. The fraction of sp³-hybridized carbons (Fsp3) is 0.200. The third kappa shape index (κ3) is 4.34. The predicted octanol–water partition coefficient (Wildman–Crippen LogP) is 2.63. The molecular weight excluding hydrogens is 374 g/mol. The third-order valence-corrected chi connectivity index (χ3v) is 4.20. The van der Waals surface area contributed by atoms with Gasteiger partial charge < -0.3 is 25.3 Å². The first-order valence-corrected chi connectivity index (χ1v) is 8.98. The minimum atomic E-state index is -0.533. The van der Waals surface area contributed by atoms with Crippen LogP contribution in [-0.2, 0) is 11.3 Å². The smallest absolute Gasteiger partial charge is 0.338 e. The van der Waals surface area contributed by atoms with Gasteiger partial charge in [0.15, 0.2) is 23.9 Å². The Morgan fingerprint density at radius 3 is 2.72 bits per heavy atom. The maximum Gasteiger partial charge on any atom is 0.338 e. The molecule has 0 amide bonds. The summed E-state index contributed by atoms with van der Waals surface area (Å²) in [6.45, 7) is 2.73. The van der Waals surface area contributed by atoms with Gasteiger partial charge in [-0.15, -0.1) is 0 Å². The molecule has 2 aromatic carbocycles. The second kappa shape index (κ2) is 8.01. The summed E-state index contributed by atoms with van der Waals surface area (Å²) in [6, 6.07) is 12.6. The first kappa shape index (κ1) is 18.5. The number of para-hydroxylation sites is 1. The summed E-state index contributed by atoms with van der Waals surface area (Å²) in [4.78, 5) is 24.7. The van der Waals surface area contributed by atoms with Crippen LogP contribution in [0.4, 0.5) is 17.6 Å². The van der Waals surface area contributed by atoms with Crippen molar-refractivity contribution in [1.82, 2.24) is 15.0 Å². The highest BCUT2D eigenvalue weighted by Gasteiger charge is 2.16. The summed E-state index contributed by atoms with van der Waals surface area (Å²) in [6.07, 6.45) is 0. The molecule has 4 rings (SSSR count). The summed E-state index contributed by atoms with van der Waals surface area (Å²) in [7, 11) is 0. The summed E-state index contributed by atoms with van der Waals surface area (Å²) < 4.78 is 16.2. The molecule has 148 valence electrons. The van der Waals surface area contributed by atoms with Crippen molar-refractivity contribution in [2.24, 2.45) is 0 Å². The average Bonchev–Trinajstić information content (AvgIpc) is 2.73. The highest BCUT2D eigenvalue weighted by atomic mass is 16.6. The van der Waals surface area contributed by atoms with Gasteiger partial charge in [0.2, 0.25) is 11.9 Å². The molecule has 0 aliphatic carbocycles. The molecule has 0 spiro atoms. The number of nitrogen functional groups attached to an aromatic ring is 1. The first-order chi connectivity index (χ1) is 14.1. The molecule has 0 bridgehead atoms. The highest BCUT2D eigenvalue weighted by molar-refractivity contribution is 5.90. The lowest BCUT2D eigenvalue weighted by molar-refractivity contribution is 0.0461. The maximum absolute atomic E-state index is 12.4. The molecule has 0 unspecified atom stereocenters. The number of aryl methyl sites for hydroxylation is 1. The van der Waals surface area contributed by atoms with Crippen LogP contribution < -0.4 is 20.5 Å². The van der Waals surface area contributed by atoms with Gasteiger partial charge in [-0.05, 0) is 36.8 Å². The van der Waals surface area contributed by atoms with E-state index in [1.54, 1.807) is 18.2 Å². The van der Waals surface area contributed by atoms with Crippen LogP contribution in [0.1, 0.15) is 21.7 Å². The normalized spacial score (nSPS) is 12.3. The number of benzene rings is 2. The van der Waals surface area contributed by atoms with Gasteiger partial charge in [0.05, 0.1) is 5.56 Å². The molecule has 0 saturated carbocycles. The van der Waals surface area contributed by atoms with Gasteiger partial charge in [0.25, 0.3) is 0 Å². The van der Waals surface area contributed by atoms with Gasteiger partial charge >= 0.3 is 5.97 Å². The van der Waals surface area contributed by atoms with Crippen LogP contribution in [0.2, 0.25) is 0 Å². The number of nitrogens with two attached hydrogens (primary N) is 1. The van der Waals surface area contributed by atoms with E-state index in [1.807, 2.05) is 31.2 Å². The monoisotopic (exact) mass is 393 g/mol. The fourth-order valence-electron chi connectivity index (χ4n) is 2.78. The van der Waals surface area contributed by atoms with Crippen LogP contribution in [0.25, 0.3) is 0 Å². The Morgan fingerprint density at radius 2 is 1.90 bits per heavy atom. The molecule has 0 radical (unpaired) electrons. The van der Waals surface area contributed by atoms with Gasteiger partial charge in [0.1, 0.15) is 13.2 Å². The fourth-order valence-corrected chi connectivity index (χ4v) is 2.78. The third-order valence-electron chi connectivity index (χ3n) is 4.20. The lowest BCUT2D eigenvalue weighted by Crippen LogP contribution is -2.16. The zero-order chi connectivity index (χ0) is 20.2. The zero-order valence-electron chi connectivity index (χ0n) is 15.7. The Labute approximate surface area is 166 Å². The molecule has 1 aliphatic heterocycles. The summed E-state index contributed by atoms with van der Waals surface area (Å²) in [5, 5.41) is 3.09. The Bertz CT molecular complexity index is 1060. The molecule has 9 heteroatoms. The number of nitrogens with one attached hydrogen (secondary N) is 1. The van der Waals surface area contributed by atoms with E-state index in [9.17, 15) is 4.79 Å². The van der Waals surface area contributed by atoms with E-state index in [-0.39, 0.29) is 24.3 Å². The minimum absolute atomic E-state index is 0.0291. The van der Waals surface area contributed by atoms with Crippen LogP contribution >= 0.6 is 0 Å². The standard InChI is InChI=1S/C20H19N5O4/c1-12-4-2-3-5-14(12)22-20-24-17(23-19(21)25-20)11-29-18(26)13-6-7-15-16(10-13)28-9-8-27-15/h2-7,10H,8-9,11H2,1H3,(H3,21,22,23,24,25). The van der Waals surface area contributed by atoms with E-state index in [0.717, 1.165) is 11.3 Å². The van der Waals surface area contributed by atoms with Gasteiger partial charge in [-0.3, -0.25) is 0 Å². The molecule has 0 fully saturated rings. The SMILES string of the molecule is Cc1ccccc1Nc1nc(N)nc(COC(=O)c2ccc3c(c2)OCCO3)n1. The van der Waals surface area contributed by atoms with Crippen molar-refractivity contribution >= 4 is 23.6 Å². The maximum atomic E-state index is 12.4. The van der Waals surface area contributed by atoms with Gasteiger partial charge in [-0.2, -0.15) is 15.0 Å². The summed E-state index contributed by atoms with van der Waals surface area (Å²) in [5.41, 5.74) is 7.98. The molecule has 3 aromatic rings. The molecule has 9 nitrogen and oxygen atoms in total. The second-order valence-corrected chi connectivity index (χ2v) is 6.31. The van der Waals surface area contributed by atoms with E-state index in [4.69, 9.17) is 19.9 Å². The predicted molar refractivity (Wildman–Crippen MR) is 105 cm³/mol. The van der Waals surface area contributed by atoms with Gasteiger partial charge in [-0.25, -0.2) is 4.79 Å². The Hall–Kier alpha value is -3.88. The quantitative estimate of drug-likeness (QED) is 0.630. The largest absolute Gasteiger partial charge is 0.486 e. The van der Waals surface area contributed by atoms with Crippen molar-refractivity contribution in [2.45, 2.75) is 13.5 Å². The summed E-state index contributed by atoms with van der Waals surface area (Å²) >= 11 is 0. The van der Waals surface area contributed by atoms with Gasteiger partial charge in [-0.1, -0.05) is 18.2 Å². The van der Waals surface area contributed by atoms with E-state index in [1.165, 1.54) is 0 Å². The number of carbonyl (C=O) groups excluding carboxylic acids is 1. The number of hydrogen-bond acceptors (Lipinski definition) is 9. The molecule has 0 saturated heterocycles. The number of carbonyl (C=O) groups is 1. The van der Waals surface area contributed by atoms with E-state index < -0.39 is 5.97 Å². The Kier molecular flexibility index (Phi) is 5.10. The Morgan fingerprint density at radius 1 is 1.10 bits per heavy atom. The second-order valence-electron chi connectivity index (χ2n) is 6.31. The Balaban J connectivity index is 1.45. The topological polar surface area (TPSA) is 121 Å². The number of fused-ring (bicyclic) bond motifs is 1. The van der Waals surface area contributed by atoms with Crippen LogP contribution in [0.5, 0.6) is 11.5 Å². The molecule has 3 N–H and O–H groups in total. The number of anilines is 3. The van der Waals surface area contributed by atoms with Crippen LogP contribution in [0.15, 0.2) is 42.5 Å². The van der Waals surface area contributed by atoms with Crippen molar-refractivity contribution in [3.05, 3.63) is 59.4 Å². The molecule has 2 heterocycles. The lowest BCUT2D eigenvalue weighted by atomic mass is 10.2. The lowest BCUT2D eigenvalue weighted by Gasteiger charge is -2.18. The number of esters is 1. The van der Waals surface area contributed by atoms with E-state index in [2.05, 4.69) is 20.3 Å². The number of nitrogens with zero attached hydrogens (tertiary/aromatic N) is 3. The summed E-state index contributed by atoms with van der Waals surface area (Å²) in [5.74, 6) is 1.12. The zero-order valence-corrected chi connectivity index (χ0v) is 15.7. The molecular formula is C20H19N5O4. The molecule has 1 aromatic heterocycles. The van der Waals surface area contributed by atoms with Crippen LogP contribution in [0.3, 0.4) is 0 Å². The van der Waals surface area contributed by atoms with Crippen LogP contribution in [-0.4, -0.2) is 34.1 Å². The van der Waals surface area contributed by atoms with Crippen molar-refractivity contribution in [1.29, 1.82) is 0 Å². The van der Waals surface area contributed by atoms with Gasteiger partial charge in [0, 0.05) is 5.69 Å². The first-order valence-electron chi connectivity index (χ1n) is 8.98. The number of aromatic nitrogens is 3. The van der Waals surface area contributed by atoms with Crippen molar-refractivity contribution < 1.29 is 19.0 Å². The van der Waals surface area contributed by atoms with E-state index >= 15 is 0 Å². The van der Waals surface area contributed by atoms with Crippen LogP contribution in [0, 0.1) is 6.92 Å². The average molecular weight is 393 g/mol. The number of ether oxygens (including phenoxy) is 3. The van der Waals surface area contributed by atoms with E-state index in [0.29, 0.717) is 30.3 Å². The number of rotatable bonds is 5. The van der Waals surface area contributed by atoms with Crippen molar-refractivity contribution in [3.63, 3.8) is 0 Å². The number of hydrogen-bond donors (Lipinski definition) is 2. The van der Waals surface area contributed by atoms with Crippen molar-refractivity contribution in [3.8, 4) is 11.5 Å². The van der Waals surface area contributed by atoms with Crippen molar-refractivity contribution in [2.75, 3.05) is 24.3 Å².